The van der Waals surface area contributed by atoms with E-state index in [1.54, 1.807) is 0 Å². The van der Waals surface area contributed by atoms with Gasteiger partial charge in [-0.2, -0.15) is 0 Å². The Bertz CT molecular complexity index is 461. The van der Waals surface area contributed by atoms with Gasteiger partial charge in [0.2, 0.25) is 0 Å². The molecule has 0 fully saturated rings. The van der Waals surface area contributed by atoms with Gasteiger partial charge in [0.25, 0.3) is 0 Å². The van der Waals surface area contributed by atoms with Crippen molar-refractivity contribution in [1.82, 2.24) is 0 Å². The molecule has 2 heteroatoms. The van der Waals surface area contributed by atoms with E-state index >= 15 is 0 Å². The van der Waals surface area contributed by atoms with Crippen LogP contribution in [0.4, 0.5) is 0 Å². The van der Waals surface area contributed by atoms with Gasteiger partial charge in [0.05, 0.1) is 10.0 Å². The molecule has 0 spiro atoms. The summed E-state index contributed by atoms with van der Waals surface area (Å²) in [4.78, 5) is 0. The van der Waals surface area contributed by atoms with Gasteiger partial charge in [0.1, 0.15) is 0 Å². The molecular formula is C11H8Cl2. The van der Waals surface area contributed by atoms with Gasteiger partial charge in [-0.05, 0) is 29.3 Å². The fourth-order valence-electron chi connectivity index (χ4n) is 1.46. The Morgan fingerprint density at radius 1 is 1.08 bits per heavy atom. The van der Waals surface area contributed by atoms with Crippen LogP contribution in [0.25, 0.3) is 10.8 Å². The Hall–Kier alpha value is -0.720. The first-order valence-electron chi connectivity index (χ1n) is 4.03. The van der Waals surface area contributed by atoms with Gasteiger partial charge < -0.3 is 0 Å². The molecule has 2 aromatic rings. The summed E-state index contributed by atoms with van der Waals surface area (Å²) in [5, 5.41) is 3.57. The number of aryl methyl sites for hydroxylation is 1. The van der Waals surface area contributed by atoms with Crippen LogP contribution in [0.15, 0.2) is 30.3 Å². The first kappa shape index (κ1) is 8.86. The summed E-state index contributed by atoms with van der Waals surface area (Å²) in [6.45, 7) is 1.98. The third-order valence-electron chi connectivity index (χ3n) is 2.19. The lowest BCUT2D eigenvalue weighted by molar-refractivity contribution is 1.53. The van der Waals surface area contributed by atoms with Crippen molar-refractivity contribution in [2.45, 2.75) is 6.92 Å². The van der Waals surface area contributed by atoms with E-state index in [1.165, 1.54) is 0 Å². The van der Waals surface area contributed by atoms with Crippen LogP contribution in [0.5, 0.6) is 0 Å². The van der Waals surface area contributed by atoms with Crippen molar-refractivity contribution >= 4 is 34.0 Å². The van der Waals surface area contributed by atoms with Crippen molar-refractivity contribution in [2.75, 3.05) is 0 Å². The maximum Gasteiger partial charge on any atom is 0.0627 e. The normalized spacial score (nSPS) is 10.7. The Kier molecular flexibility index (Phi) is 2.19. The molecule has 66 valence electrons. The quantitative estimate of drug-likeness (QED) is 0.603. The van der Waals surface area contributed by atoms with Gasteiger partial charge in [-0.1, -0.05) is 47.5 Å². The van der Waals surface area contributed by atoms with Crippen LogP contribution in [0.2, 0.25) is 10.0 Å². The number of halogens is 2. The first-order valence-corrected chi connectivity index (χ1v) is 4.79. The van der Waals surface area contributed by atoms with Gasteiger partial charge in [-0.3, -0.25) is 0 Å². The predicted octanol–water partition coefficient (Wildman–Crippen LogP) is 4.46. The van der Waals surface area contributed by atoms with Gasteiger partial charge >= 0.3 is 0 Å². The molecule has 0 amide bonds. The van der Waals surface area contributed by atoms with Crippen molar-refractivity contribution in [3.63, 3.8) is 0 Å². The van der Waals surface area contributed by atoms with E-state index in [0.29, 0.717) is 10.0 Å². The van der Waals surface area contributed by atoms with E-state index < -0.39 is 0 Å². The molecule has 0 heterocycles. The van der Waals surface area contributed by atoms with Crippen molar-refractivity contribution < 1.29 is 0 Å². The van der Waals surface area contributed by atoms with E-state index in [2.05, 4.69) is 0 Å². The summed E-state index contributed by atoms with van der Waals surface area (Å²) in [6.07, 6.45) is 0. The maximum absolute atomic E-state index is 6.02. The van der Waals surface area contributed by atoms with Crippen molar-refractivity contribution in [1.29, 1.82) is 0 Å². The highest BCUT2D eigenvalue weighted by molar-refractivity contribution is 6.43. The fraction of sp³-hybridized carbons (Fsp3) is 0.0909. The Morgan fingerprint density at radius 3 is 2.54 bits per heavy atom. The third kappa shape index (κ3) is 1.41. The molecule has 0 unspecified atom stereocenters. The number of rotatable bonds is 0. The van der Waals surface area contributed by atoms with Crippen molar-refractivity contribution in [3.8, 4) is 0 Å². The highest BCUT2D eigenvalue weighted by Crippen LogP contribution is 2.32. The largest absolute Gasteiger partial charge is 0.0827 e. The van der Waals surface area contributed by atoms with Gasteiger partial charge in [-0.15, -0.1) is 0 Å². The number of hydrogen-bond donors (Lipinski definition) is 0. The monoisotopic (exact) mass is 210 g/mol. The van der Waals surface area contributed by atoms with Crippen LogP contribution in [-0.4, -0.2) is 0 Å². The van der Waals surface area contributed by atoms with Crippen LogP contribution in [0.3, 0.4) is 0 Å². The number of benzene rings is 2. The molecular weight excluding hydrogens is 203 g/mol. The Balaban J connectivity index is 2.94. The second kappa shape index (κ2) is 3.21. The molecule has 0 aromatic heterocycles. The number of fused-ring (bicyclic) bond motifs is 1. The Morgan fingerprint density at radius 2 is 1.77 bits per heavy atom. The summed E-state index contributed by atoms with van der Waals surface area (Å²) >= 11 is 12.0. The zero-order chi connectivity index (χ0) is 9.42. The Labute approximate surface area is 87.1 Å². The van der Waals surface area contributed by atoms with Crippen LogP contribution in [0, 0.1) is 6.92 Å². The second-order valence-corrected chi connectivity index (χ2v) is 3.80. The molecule has 0 nitrogen and oxygen atoms in total. The molecule has 2 aromatic carbocycles. The summed E-state index contributed by atoms with van der Waals surface area (Å²) < 4.78 is 0. The van der Waals surface area contributed by atoms with Crippen LogP contribution >= 0.6 is 23.2 Å². The minimum Gasteiger partial charge on any atom is -0.0827 e. The molecule has 0 aliphatic carbocycles. The lowest BCUT2D eigenvalue weighted by Gasteiger charge is -2.05. The van der Waals surface area contributed by atoms with Crippen LogP contribution in [-0.2, 0) is 0 Å². The average Bonchev–Trinajstić information content (AvgIpc) is 2.15. The summed E-state index contributed by atoms with van der Waals surface area (Å²) in [7, 11) is 0. The predicted molar refractivity (Wildman–Crippen MR) is 58.7 cm³/mol. The van der Waals surface area contributed by atoms with Crippen molar-refractivity contribution in [2.24, 2.45) is 0 Å². The minimum absolute atomic E-state index is 0.623. The molecule has 0 atom stereocenters. The van der Waals surface area contributed by atoms with Crippen LogP contribution < -0.4 is 0 Å². The standard InChI is InChI=1S/C11H8Cl2/c1-7-9-5-3-2-4-8(9)6-10(12)11(7)13/h2-6H,1H3. The van der Waals surface area contributed by atoms with Gasteiger partial charge in [-0.25, -0.2) is 0 Å². The molecule has 13 heavy (non-hydrogen) atoms. The smallest absolute Gasteiger partial charge is 0.0627 e. The average molecular weight is 211 g/mol. The zero-order valence-corrected chi connectivity index (χ0v) is 8.65. The molecule has 0 saturated carbocycles. The highest BCUT2D eigenvalue weighted by Gasteiger charge is 2.05. The number of hydrogen-bond acceptors (Lipinski definition) is 0. The topological polar surface area (TPSA) is 0 Å². The lowest BCUT2D eigenvalue weighted by Crippen LogP contribution is -1.81. The van der Waals surface area contributed by atoms with Gasteiger partial charge in [0, 0.05) is 0 Å². The summed E-state index contributed by atoms with van der Waals surface area (Å²) in [5.74, 6) is 0. The second-order valence-electron chi connectivity index (χ2n) is 3.02. The van der Waals surface area contributed by atoms with E-state index in [-0.39, 0.29) is 0 Å². The zero-order valence-electron chi connectivity index (χ0n) is 7.14. The molecule has 2 rings (SSSR count). The third-order valence-corrected chi connectivity index (χ3v) is 3.07. The van der Waals surface area contributed by atoms with Crippen molar-refractivity contribution in [3.05, 3.63) is 45.9 Å². The minimum atomic E-state index is 0.623. The molecule has 0 N–H and O–H groups in total. The van der Waals surface area contributed by atoms with Gasteiger partial charge in [0.15, 0.2) is 0 Å². The fourth-order valence-corrected chi connectivity index (χ4v) is 1.88. The highest BCUT2D eigenvalue weighted by atomic mass is 35.5. The summed E-state index contributed by atoms with van der Waals surface area (Å²) in [6, 6.07) is 9.97. The first-order chi connectivity index (χ1) is 6.20. The molecule has 0 aliphatic rings. The molecule has 0 aliphatic heterocycles. The molecule has 0 saturated heterocycles. The van der Waals surface area contributed by atoms with E-state index in [9.17, 15) is 0 Å². The van der Waals surface area contributed by atoms with E-state index in [1.807, 2.05) is 37.3 Å². The summed E-state index contributed by atoms with van der Waals surface area (Å²) in [5.41, 5.74) is 1.05. The maximum atomic E-state index is 6.02. The van der Waals surface area contributed by atoms with Crippen LogP contribution in [0.1, 0.15) is 5.56 Å². The molecule has 0 radical (unpaired) electrons. The van der Waals surface area contributed by atoms with E-state index in [0.717, 1.165) is 16.3 Å². The lowest BCUT2D eigenvalue weighted by atomic mass is 10.1. The SMILES string of the molecule is Cc1c(Cl)c(Cl)cc2ccccc12. The van der Waals surface area contributed by atoms with E-state index in [4.69, 9.17) is 23.2 Å². The molecule has 0 bridgehead atoms.